The Morgan fingerprint density at radius 3 is 2.47 bits per heavy atom. The Kier molecular flexibility index (Phi) is 7.33. The SMILES string of the molecule is CC.CCC(N)=Nc1cccc(CC)c1. The van der Waals surface area contributed by atoms with Crippen molar-refractivity contribution in [2.75, 3.05) is 0 Å². The lowest BCUT2D eigenvalue weighted by Gasteiger charge is -1.99. The van der Waals surface area contributed by atoms with Crippen molar-refractivity contribution in [3.8, 4) is 0 Å². The van der Waals surface area contributed by atoms with Gasteiger partial charge < -0.3 is 5.73 Å². The van der Waals surface area contributed by atoms with Crippen LogP contribution in [-0.4, -0.2) is 5.84 Å². The first kappa shape index (κ1) is 13.7. The van der Waals surface area contributed by atoms with Gasteiger partial charge in [-0.25, -0.2) is 4.99 Å². The maximum Gasteiger partial charge on any atom is 0.0993 e. The monoisotopic (exact) mass is 206 g/mol. The minimum Gasteiger partial charge on any atom is -0.387 e. The lowest BCUT2D eigenvalue weighted by Crippen LogP contribution is -2.08. The summed E-state index contributed by atoms with van der Waals surface area (Å²) in [6, 6.07) is 8.16. The van der Waals surface area contributed by atoms with E-state index in [0.717, 1.165) is 18.5 Å². The lowest BCUT2D eigenvalue weighted by atomic mass is 10.1. The number of nitrogens with zero attached hydrogens (tertiary/aromatic N) is 1. The van der Waals surface area contributed by atoms with Gasteiger partial charge in [0.15, 0.2) is 0 Å². The maximum absolute atomic E-state index is 5.65. The van der Waals surface area contributed by atoms with Gasteiger partial charge in [0.05, 0.1) is 11.5 Å². The van der Waals surface area contributed by atoms with E-state index < -0.39 is 0 Å². The molecule has 2 heteroatoms. The van der Waals surface area contributed by atoms with E-state index in [1.54, 1.807) is 0 Å². The van der Waals surface area contributed by atoms with E-state index >= 15 is 0 Å². The van der Waals surface area contributed by atoms with Crippen molar-refractivity contribution in [1.29, 1.82) is 0 Å². The van der Waals surface area contributed by atoms with Crippen LogP contribution in [0.3, 0.4) is 0 Å². The second-order valence-electron chi connectivity index (χ2n) is 2.98. The number of aryl methyl sites for hydroxylation is 1. The first-order chi connectivity index (χ1) is 7.26. The Hall–Kier alpha value is -1.31. The molecule has 2 nitrogen and oxygen atoms in total. The van der Waals surface area contributed by atoms with Crippen LogP contribution in [0.2, 0.25) is 0 Å². The van der Waals surface area contributed by atoms with E-state index in [1.807, 2.05) is 32.9 Å². The summed E-state index contributed by atoms with van der Waals surface area (Å²) in [5.74, 6) is 0.688. The largest absolute Gasteiger partial charge is 0.387 e. The maximum atomic E-state index is 5.65. The third kappa shape index (κ3) is 5.21. The highest BCUT2D eigenvalue weighted by Gasteiger charge is 1.93. The highest BCUT2D eigenvalue weighted by Crippen LogP contribution is 2.14. The van der Waals surface area contributed by atoms with Gasteiger partial charge in [-0.3, -0.25) is 0 Å². The van der Waals surface area contributed by atoms with Crippen molar-refractivity contribution in [2.45, 2.75) is 40.5 Å². The zero-order valence-electron chi connectivity index (χ0n) is 10.2. The zero-order valence-corrected chi connectivity index (χ0v) is 10.2. The van der Waals surface area contributed by atoms with Gasteiger partial charge in [0.25, 0.3) is 0 Å². The average Bonchev–Trinajstić information content (AvgIpc) is 2.31. The van der Waals surface area contributed by atoms with Crippen LogP contribution >= 0.6 is 0 Å². The summed E-state index contributed by atoms with van der Waals surface area (Å²) in [6.07, 6.45) is 1.84. The van der Waals surface area contributed by atoms with E-state index in [2.05, 4.69) is 24.0 Å². The summed E-state index contributed by atoms with van der Waals surface area (Å²) in [7, 11) is 0. The fourth-order valence-electron chi connectivity index (χ4n) is 1.09. The molecule has 0 saturated heterocycles. The van der Waals surface area contributed by atoms with Crippen LogP contribution < -0.4 is 5.73 Å². The van der Waals surface area contributed by atoms with E-state index in [1.165, 1.54) is 5.56 Å². The molecule has 0 aromatic heterocycles. The van der Waals surface area contributed by atoms with Gasteiger partial charge in [-0.2, -0.15) is 0 Å². The number of hydrogen-bond acceptors (Lipinski definition) is 1. The highest BCUT2D eigenvalue weighted by atomic mass is 14.8. The molecule has 1 aromatic rings. The van der Waals surface area contributed by atoms with Crippen LogP contribution in [-0.2, 0) is 6.42 Å². The molecule has 0 fully saturated rings. The Morgan fingerprint density at radius 2 is 1.93 bits per heavy atom. The molecule has 0 spiro atoms. The van der Waals surface area contributed by atoms with Gasteiger partial charge in [-0.15, -0.1) is 0 Å². The molecule has 0 aliphatic carbocycles. The quantitative estimate of drug-likeness (QED) is 0.594. The molecule has 15 heavy (non-hydrogen) atoms. The Labute approximate surface area is 93.2 Å². The van der Waals surface area contributed by atoms with Crippen LogP contribution in [0.4, 0.5) is 5.69 Å². The molecular weight excluding hydrogens is 184 g/mol. The predicted molar refractivity (Wildman–Crippen MR) is 68.7 cm³/mol. The predicted octanol–water partition coefficient (Wildman–Crippen LogP) is 3.67. The standard InChI is InChI=1S/C11H16N2.C2H6/c1-3-9-6-5-7-10(8-9)13-11(12)4-2;1-2/h5-8H,3-4H2,1-2H3,(H2,12,13);1-2H3. The number of amidine groups is 1. The normalized spacial score (nSPS) is 10.5. The van der Waals surface area contributed by atoms with Crippen LogP contribution in [0.15, 0.2) is 29.3 Å². The third-order valence-corrected chi connectivity index (χ3v) is 1.95. The van der Waals surface area contributed by atoms with Gasteiger partial charge >= 0.3 is 0 Å². The fourth-order valence-corrected chi connectivity index (χ4v) is 1.09. The van der Waals surface area contributed by atoms with Gasteiger partial charge in [0.1, 0.15) is 0 Å². The molecule has 84 valence electrons. The molecule has 0 aliphatic rings. The van der Waals surface area contributed by atoms with E-state index in [9.17, 15) is 0 Å². The number of aliphatic imine (C=N–C) groups is 1. The first-order valence-electron chi connectivity index (χ1n) is 5.68. The van der Waals surface area contributed by atoms with Gasteiger partial charge in [-0.1, -0.05) is 39.8 Å². The number of nitrogens with two attached hydrogens (primary N) is 1. The molecule has 0 amide bonds. The molecule has 2 N–H and O–H groups in total. The summed E-state index contributed by atoms with van der Waals surface area (Å²) in [4.78, 5) is 4.28. The van der Waals surface area contributed by atoms with E-state index in [4.69, 9.17) is 5.73 Å². The minimum atomic E-state index is 0.688. The molecule has 1 aromatic carbocycles. The number of hydrogen-bond donors (Lipinski definition) is 1. The third-order valence-electron chi connectivity index (χ3n) is 1.95. The number of benzene rings is 1. The Morgan fingerprint density at radius 1 is 1.27 bits per heavy atom. The molecule has 0 saturated carbocycles. The van der Waals surface area contributed by atoms with Crippen molar-refractivity contribution in [1.82, 2.24) is 0 Å². The van der Waals surface area contributed by atoms with Gasteiger partial charge in [0.2, 0.25) is 0 Å². The van der Waals surface area contributed by atoms with Crippen LogP contribution in [0, 0.1) is 0 Å². The van der Waals surface area contributed by atoms with Crippen LogP contribution in [0.25, 0.3) is 0 Å². The molecule has 0 bridgehead atoms. The second kappa shape index (κ2) is 8.04. The average molecular weight is 206 g/mol. The summed E-state index contributed by atoms with van der Waals surface area (Å²) < 4.78 is 0. The Bertz CT molecular complexity index is 303. The number of rotatable bonds is 3. The van der Waals surface area contributed by atoms with Crippen molar-refractivity contribution < 1.29 is 0 Å². The summed E-state index contributed by atoms with van der Waals surface area (Å²) >= 11 is 0. The van der Waals surface area contributed by atoms with Crippen LogP contribution in [0.1, 0.15) is 39.7 Å². The molecule has 0 unspecified atom stereocenters. The van der Waals surface area contributed by atoms with Crippen molar-refractivity contribution in [3.63, 3.8) is 0 Å². The molecule has 0 atom stereocenters. The van der Waals surface area contributed by atoms with Crippen molar-refractivity contribution >= 4 is 11.5 Å². The first-order valence-corrected chi connectivity index (χ1v) is 5.68. The molecule has 0 radical (unpaired) electrons. The highest BCUT2D eigenvalue weighted by molar-refractivity contribution is 5.82. The Balaban J connectivity index is 0.000000921. The fraction of sp³-hybridized carbons (Fsp3) is 0.462. The lowest BCUT2D eigenvalue weighted by molar-refractivity contribution is 1.14. The summed E-state index contributed by atoms with van der Waals surface area (Å²) in [6.45, 7) is 8.13. The summed E-state index contributed by atoms with van der Waals surface area (Å²) in [5.41, 5.74) is 7.90. The van der Waals surface area contributed by atoms with E-state index in [0.29, 0.717) is 5.84 Å². The molecule has 0 aliphatic heterocycles. The molecular formula is C13H22N2. The topological polar surface area (TPSA) is 38.4 Å². The minimum absolute atomic E-state index is 0.688. The van der Waals surface area contributed by atoms with Crippen molar-refractivity contribution in [2.24, 2.45) is 10.7 Å². The van der Waals surface area contributed by atoms with Gasteiger partial charge in [-0.05, 0) is 24.1 Å². The molecule has 0 heterocycles. The summed E-state index contributed by atoms with van der Waals surface area (Å²) in [5, 5.41) is 0. The zero-order chi connectivity index (χ0) is 11.7. The van der Waals surface area contributed by atoms with E-state index in [-0.39, 0.29) is 0 Å². The smallest absolute Gasteiger partial charge is 0.0993 e. The second-order valence-corrected chi connectivity index (χ2v) is 2.98. The van der Waals surface area contributed by atoms with Crippen molar-refractivity contribution in [3.05, 3.63) is 29.8 Å². The molecule has 1 rings (SSSR count). The van der Waals surface area contributed by atoms with Gasteiger partial charge in [0, 0.05) is 6.42 Å². The van der Waals surface area contributed by atoms with Crippen LogP contribution in [0.5, 0.6) is 0 Å².